The molecule has 0 radical (unpaired) electrons. The van der Waals surface area contributed by atoms with Crippen LogP contribution in [0.15, 0.2) is 53.4 Å². The standard InChI is InChI=1S/C19H20ClNO5S/c1-19(2,3)17(22)12-26-18(23)15-6-4-5-7-16(15)21-27(24,25)14-10-8-13(20)9-11-14/h4-11,21H,12H2,1-3H3. The number of carbonyl (C=O) groups excluding carboxylic acids is 2. The zero-order valence-corrected chi connectivity index (χ0v) is 16.7. The minimum Gasteiger partial charge on any atom is -0.454 e. The molecule has 0 aliphatic carbocycles. The summed E-state index contributed by atoms with van der Waals surface area (Å²) in [4.78, 5) is 24.3. The van der Waals surface area contributed by atoms with Crippen LogP contribution in [-0.4, -0.2) is 26.8 Å². The minimum absolute atomic E-state index is 0.00187. The van der Waals surface area contributed by atoms with Gasteiger partial charge in [0.1, 0.15) is 0 Å². The van der Waals surface area contributed by atoms with E-state index >= 15 is 0 Å². The van der Waals surface area contributed by atoms with Gasteiger partial charge in [0.15, 0.2) is 12.4 Å². The predicted octanol–water partition coefficient (Wildman–Crippen LogP) is 3.91. The number of halogens is 1. The third-order valence-corrected chi connectivity index (χ3v) is 5.32. The predicted molar refractivity (Wildman–Crippen MR) is 103 cm³/mol. The molecule has 2 rings (SSSR count). The van der Waals surface area contributed by atoms with Gasteiger partial charge >= 0.3 is 5.97 Å². The highest BCUT2D eigenvalue weighted by atomic mass is 35.5. The molecule has 0 aliphatic heterocycles. The molecule has 0 heterocycles. The normalized spacial score (nSPS) is 11.7. The van der Waals surface area contributed by atoms with Crippen molar-refractivity contribution in [2.45, 2.75) is 25.7 Å². The second-order valence-electron chi connectivity index (χ2n) is 6.85. The van der Waals surface area contributed by atoms with Gasteiger partial charge in [-0.25, -0.2) is 13.2 Å². The fourth-order valence-corrected chi connectivity index (χ4v) is 3.20. The molecule has 27 heavy (non-hydrogen) atoms. The third kappa shape index (κ3) is 5.55. The zero-order chi connectivity index (χ0) is 20.2. The molecule has 6 nitrogen and oxygen atoms in total. The number of sulfonamides is 1. The maximum atomic E-state index is 12.5. The lowest BCUT2D eigenvalue weighted by Crippen LogP contribution is -2.26. The van der Waals surface area contributed by atoms with Crippen molar-refractivity contribution >= 4 is 39.1 Å². The van der Waals surface area contributed by atoms with Gasteiger partial charge in [-0.2, -0.15) is 0 Å². The molecule has 1 N–H and O–H groups in total. The largest absolute Gasteiger partial charge is 0.454 e. The van der Waals surface area contributed by atoms with Crippen LogP contribution in [0.1, 0.15) is 31.1 Å². The number of para-hydroxylation sites is 1. The summed E-state index contributed by atoms with van der Waals surface area (Å²) in [6, 6.07) is 11.6. The lowest BCUT2D eigenvalue weighted by Gasteiger charge is -2.17. The highest BCUT2D eigenvalue weighted by Crippen LogP contribution is 2.22. The summed E-state index contributed by atoms with van der Waals surface area (Å²) < 4.78 is 32.5. The molecule has 8 heteroatoms. The van der Waals surface area contributed by atoms with E-state index in [4.69, 9.17) is 16.3 Å². The van der Waals surface area contributed by atoms with E-state index in [1.807, 2.05) is 0 Å². The molecule has 2 aromatic rings. The van der Waals surface area contributed by atoms with Crippen LogP contribution in [0.4, 0.5) is 5.69 Å². The van der Waals surface area contributed by atoms with Crippen LogP contribution in [0, 0.1) is 5.41 Å². The molecular weight excluding hydrogens is 390 g/mol. The highest BCUT2D eigenvalue weighted by Gasteiger charge is 2.24. The van der Waals surface area contributed by atoms with Crippen molar-refractivity contribution < 1.29 is 22.7 Å². The Balaban J connectivity index is 2.21. The summed E-state index contributed by atoms with van der Waals surface area (Å²) in [5.74, 6) is -1.03. The molecule has 2 aromatic carbocycles. The number of Topliss-reactive ketones (excluding diaryl/α,β-unsaturated/α-hetero) is 1. The van der Waals surface area contributed by atoms with E-state index in [0.717, 1.165) is 0 Å². The van der Waals surface area contributed by atoms with Crippen LogP contribution in [0.3, 0.4) is 0 Å². The van der Waals surface area contributed by atoms with Gasteiger partial charge in [0.2, 0.25) is 0 Å². The van der Waals surface area contributed by atoms with Crippen LogP contribution in [0.25, 0.3) is 0 Å². The number of benzene rings is 2. The van der Waals surface area contributed by atoms with Crippen molar-refractivity contribution in [3.63, 3.8) is 0 Å². The van der Waals surface area contributed by atoms with Crippen LogP contribution in [0.2, 0.25) is 5.02 Å². The Bertz CT molecular complexity index is 947. The van der Waals surface area contributed by atoms with Gasteiger partial charge in [-0.15, -0.1) is 0 Å². The van der Waals surface area contributed by atoms with Gasteiger partial charge in [0, 0.05) is 10.4 Å². The topological polar surface area (TPSA) is 89.5 Å². The molecule has 0 spiro atoms. The second-order valence-corrected chi connectivity index (χ2v) is 8.97. The first-order valence-corrected chi connectivity index (χ1v) is 9.95. The summed E-state index contributed by atoms with van der Waals surface area (Å²) in [5.41, 5.74) is -0.576. The smallest absolute Gasteiger partial charge is 0.340 e. The number of rotatable bonds is 6. The van der Waals surface area contributed by atoms with Gasteiger partial charge in [0.25, 0.3) is 10.0 Å². The molecule has 0 atom stereocenters. The fraction of sp³-hybridized carbons (Fsp3) is 0.263. The monoisotopic (exact) mass is 409 g/mol. The first kappa shape index (κ1) is 20.9. The van der Waals surface area contributed by atoms with Crippen LogP contribution >= 0.6 is 11.6 Å². The Morgan fingerprint density at radius 1 is 1.04 bits per heavy atom. The third-order valence-electron chi connectivity index (χ3n) is 3.69. The van der Waals surface area contributed by atoms with Gasteiger partial charge in [-0.1, -0.05) is 44.5 Å². The van der Waals surface area contributed by atoms with E-state index in [1.165, 1.54) is 36.4 Å². The molecule has 144 valence electrons. The number of hydrogen-bond donors (Lipinski definition) is 1. The Morgan fingerprint density at radius 2 is 1.63 bits per heavy atom. The van der Waals surface area contributed by atoms with Crippen molar-refractivity contribution in [2.24, 2.45) is 5.41 Å². The number of hydrogen-bond acceptors (Lipinski definition) is 5. The number of anilines is 1. The number of ketones is 1. The second kappa shape index (κ2) is 8.10. The van der Waals surface area contributed by atoms with E-state index in [2.05, 4.69) is 4.72 Å². The fourth-order valence-electron chi connectivity index (χ4n) is 1.99. The molecule has 0 saturated carbocycles. The highest BCUT2D eigenvalue weighted by molar-refractivity contribution is 7.92. The van der Waals surface area contributed by atoms with Gasteiger partial charge in [0.05, 0.1) is 16.1 Å². The summed E-state index contributed by atoms with van der Waals surface area (Å²) in [5, 5.41) is 0.404. The minimum atomic E-state index is -3.92. The molecule has 0 fully saturated rings. The summed E-state index contributed by atoms with van der Waals surface area (Å²) in [6.45, 7) is 4.77. The number of nitrogens with one attached hydrogen (secondary N) is 1. The molecule has 0 saturated heterocycles. The Morgan fingerprint density at radius 3 is 2.22 bits per heavy atom. The maximum absolute atomic E-state index is 12.5. The number of carbonyl (C=O) groups is 2. The Kier molecular flexibility index (Phi) is 6.28. The van der Waals surface area contributed by atoms with Crippen LogP contribution < -0.4 is 4.72 Å². The number of esters is 1. The van der Waals surface area contributed by atoms with E-state index < -0.39 is 21.4 Å². The van der Waals surface area contributed by atoms with Crippen LogP contribution in [-0.2, 0) is 19.6 Å². The van der Waals surface area contributed by atoms with Crippen molar-refractivity contribution in [1.82, 2.24) is 0 Å². The molecule has 0 amide bonds. The zero-order valence-electron chi connectivity index (χ0n) is 15.2. The van der Waals surface area contributed by atoms with E-state index in [9.17, 15) is 18.0 Å². The molecular formula is C19H20ClNO5S. The maximum Gasteiger partial charge on any atom is 0.340 e. The average molecular weight is 410 g/mol. The molecule has 0 bridgehead atoms. The average Bonchev–Trinajstić information content (AvgIpc) is 2.59. The molecule has 0 unspecified atom stereocenters. The quantitative estimate of drug-likeness (QED) is 0.730. The van der Waals surface area contributed by atoms with Crippen molar-refractivity contribution in [1.29, 1.82) is 0 Å². The van der Waals surface area contributed by atoms with Gasteiger partial charge in [-0.3, -0.25) is 9.52 Å². The SMILES string of the molecule is CC(C)(C)C(=O)COC(=O)c1ccccc1NS(=O)(=O)c1ccc(Cl)cc1. The lowest BCUT2D eigenvalue weighted by atomic mass is 9.91. The van der Waals surface area contributed by atoms with Crippen LogP contribution in [0.5, 0.6) is 0 Å². The molecule has 0 aromatic heterocycles. The summed E-state index contributed by atoms with van der Waals surface area (Å²) >= 11 is 5.78. The van der Waals surface area contributed by atoms with Crippen molar-refractivity contribution in [3.8, 4) is 0 Å². The Labute approximate surface area is 163 Å². The summed E-state index contributed by atoms with van der Waals surface area (Å²) in [6.07, 6.45) is 0. The van der Waals surface area contributed by atoms with E-state index in [0.29, 0.717) is 5.02 Å². The van der Waals surface area contributed by atoms with Gasteiger partial charge < -0.3 is 4.74 Å². The van der Waals surface area contributed by atoms with Gasteiger partial charge in [-0.05, 0) is 36.4 Å². The van der Waals surface area contributed by atoms with Crippen molar-refractivity contribution in [3.05, 3.63) is 59.1 Å². The number of ether oxygens (including phenoxy) is 1. The van der Waals surface area contributed by atoms with Crippen molar-refractivity contribution in [2.75, 3.05) is 11.3 Å². The van der Waals surface area contributed by atoms with E-state index in [-0.39, 0.29) is 28.5 Å². The van der Waals surface area contributed by atoms with E-state index in [1.54, 1.807) is 32.9 Å². The first-order valence-electron chi connectivity index (χ1n) is 8.08. The Hall–Kier alpha value is -2.38. The molecule has 0 aliphatic rings. The lowest BCUT2D eigenvalue weighted by molar-refractivity contribution is -0.129. The summed E-state index contributed by atoms with van der Waals surface area (Å²) in [7, 11) is -3.92. The first-order chi connectivity index (χ1) is 12.5.